The summed E-state index contributed by atoms with van der Waals surface area (Å²) in [6, 6.07) is 9.76. The SMILES string of the molecule is CC(C(=O)O)N1CSC(=S)N(CCc2ccccc2)C1. The fourth-order valence-electron chi connectivity index (χ4n) is 2.01. The molecular formula is C14H18N2O2S2. The predicted molar refractivity (Wildman–Crippen MR) is 85.7 cm³/mol. The van der Waals surface area contributed by atoms with E-state index in [1.165, 1.54) is 17.3 Å². The van der Waals surface area contributed by atoms with Crippen LogP contribution in [0.3, 0.4) is 0 Å². The van der Waals surface area contributed by atoms with Gasteiger partial charge in [0.1, 0.15) is 10.4 Å². The molecule has 0 amide bonds. The van der Waals surface area contributed by atoms with Crippen molar-refractivity contribution in [2.45, 2.75) is 19.4 Å². The number of hydrogen-bond donors (Lipinski definition) is 1. The van der Waals surface area contributed by atoms with Crippen molar-refractivity contribution in [2.24, 2.45) is 0 Å². The van der Waals surface area contributed by atoms with Crippen molar-refractivity contribution in [3.63, 3.8) is 0 Å². The minimum atomic E-state index is -0.790. The number of aliphatic carboxylic acids is 1. The molecule has 20 heavy (non-hydrogen) atoms. The van der Waals surface area contributed by atoms with Crippen LogP contribution in [-0.4, -0.2) is 50.3 Å². The number of thioether (sulfide) groups is 1. The van der Waals surface area contributed by atoms with Crippen LogP contribution in [0.25, 0.3) is 0 Å². The van der Waals surface area contributed by atoms with Crippen LogP contribution in [-0.2, 0) is 11.2 Å². The van der Waals surface area contributed by atoms with E-state index < -0.39 is 12.0 Å². The lowest BCUT2D eigenvalue weighted by Crippen LogP contribution is -2.51. The van der Waals surface area contributed by atoms with Crippen LogP contribution in [0.1, 0.15) is 12.5 Å². The normalized spacial score (nSPS) is 18.1. The Morgan fingerprint density at radius 3 is 2.80 bits per heavy atom. The van der Waals surface area contributed by atoms with Crippen molar-refractivity contribution in [2.75, 3.05) is 19.1 Å². The maximum atomic E-state index is 11.1. The minimum Gasteiger partial charge on any atom is -0.480 e. The first-order chi connectivity index (χ1) is 9.58. The lowest BCUT2D eigenvalue weighted by Gasteiger charge is -2.38. The van der Waals surface area contributed by atoms with E-state index in [1.54, 1.807) is 6.92 Å². The largest absolute Gasteiger partial charge is 0.480 e. The Labute approximate surface area is 128 Å². The van der Waals surface area contributed by atoms with Crippen molar-refractivity contribution in [3.8, 4) is 0 Å². The van der Waals surface area contributed by atoms with Gasteiger partial charge in [0, 0.05) is 6.54 Å². The first-order valence-electron chi connectivity index (χ1n) is 6.50. The third-order valence-corrected chi connectivity index (χ3v) is 4.96. The van der Waals surface area contributed by atoms with E-state index in [2.05, 4.69) is 17.0 Å². The summed E-state index contributed by atoms with van der Waals surface area (Å²) in [5, 5.41) is 9.09. The van der Waals surface area contributed by atoms with Crippen LogP contribution in [0.15, 0.2) is 30.3 Å². The molecule has 0 aliphatic carbocycles. The fraction of sp³-hybridized carbons (Fsp3) is 0.429. The maximum absolute atomic E-state index is 11.1. The van der Waals surface area contributed by atoms with Gasteiger partial charge in [0.05, 0.1) is 12.5 Å². The molecule has 1 heterocycles. The quantitative estimate of drug-likeness (QED) is 0.842. The van der Waals surface area contributed by atoms with E-state index in [1.807, 2.05) is 23.1 Å². The fourth-order valence-corrected chi connectivity index (χ4v) is 3.23. The molecule has 1 aromatic carbocycles. The molecule has 1 aliphatic rings. The summed E-state index contributed by atoms with van der Waals surface area (Å²) >= 11 is 6.90. The smallest absolute Gasteiger partial charge is 0.320 e. The number of hydrogen-bond acceptors (Lipinski definition) is 4. The molecule has 1 unspecified atom stereocenters. The molecule has 1 aromatic rings. The van der Waals surface area contributed by atoms with Gasteiger partial charge in [-0.2, -0.15) is 0 Å². The molecule has 4 nitrogen and oxygen atoms in total. The monoisotopic (exact) mass is 310 g/mol. The van der Waals surface area contributed by atoms with Gasteiger partial charge in [0.25, 0.3) is 0 Å². The van der Waals surface area contributed by atoms with E-state index in [0.29, 0.717) is 12.5 Å². The molecule has 0 spiro atoms. The van der Waals surface area contributed by atoms with Crippen molar-refractivity contribution in [1.82, 2.24) is 9.80 Å². The van der Waals surface area contributed by atoms with Gasteiger partial charge in [-0.1, -0.05) is 54.3 Å². The second-order valence-corrected chi connectivity index (χ2v) is 6.36. The van der Waals surface area contributed by atoms with Gasteiger partial charge in [-0.15, -0.1) is 0 Å². The number of rotatable bonds is 5. The highest BCUT2D eigenvalue weighted by molar-refractivity contribution is 8.22. The molecule has 0 radical (unpaired) electrons. The summed E-state index contributed by atoms with van der Waals surface area (Å²) in [6.45, 7) is 3.12. The summed E-state index contributed by atoms with van der Waals surface area (Å²) in [7, 11) is 0. The molecule has 1 aliphatic heterocycles. The lowest BCUT2D eigenvalue weighted by atomic mass is 10.1. The number of benzene rings is 1. The molecular weight excluding hydrogens is 292 g/mol. The van der Waals surface area contributed by atoms with E-state index in [0.717, 1.165) is 17.3 Å². The zero-order valence-corrected chi connectivity index (χ0v) is 13.0. The van der Waals surface area contributed by atoms with Crippen LogP contribution >= 0.6 is 24.0 Å². The van der Waals surface area contributed by atoms with Gasteiger partial charge in [0.15, 0.2) is 0 Å². The summed E-state index contributed by atoms with van der Waals surface area (Å²) < 4.78 is 0.856. The van der Waals surface area contributed by atoms with Crippen LogP contribution in [0.2, 0.25) is 0 Å². The predicted octanol–water partition coefficient (Wildman–Crippen LogP) is 2.25. The van der Waals surface area contributed by atoms with Gasteiger partial charge in [0.2, 0.25) is 0 Å². The van der Waals surface area contributed by atoms with E-state index in [-0.39, 0.29) is 0 Å². The second kappa shape index (κ2) is 7.06. The van der Waals surface area contributed by atoms with Crippen molar-refractivity contribution >= 4 is 34.3 Å². The Bertz CT molecular complexity index is 481. The molecule has 2 rings (SSSR count). The summed E-state index contributed by atoms with van der Waals surface area (Å²) in [5.41, 5.74) is 1.27. The Balaban J connectivity index is 1.92. The average molecular weight is 310 g/mol. The third-order valence-electron chi connectivity index (χ3n) is 3.38. The molecule has 1 atom stereocenters. The first kappa shape index (κ1) is 15.3. The van der Waals surface area contributed by atoms with E-state index >= 15 is 0 Å². The topological polar surface area (TPSA) is 43.8 Å². The number of carboxylic acid groups (broad SMARTS) is 1. The van der Waals surface area contributed by atoms with Crippen LogP contribution in [0.5, 0.6) is 0 Å². The number of nitrogens with zero attached hydrogens (tertiary/aromatic N) is 2. The van der Waals surface area contributed by atoms with E-state index in [9.17, 15) is 4.79 Å². The molecule has 1 saturated heterocycles. The Morgan fingerprint density at radius 2 is 2.15 bits per heavy atom. The van der Waals surface area contributed by atoms with Crippen molar-refractivity contribution in [1.29, 1.82) is 0 Å². The van der Waals surface area contributed by atoms with Gasteiger partial charge in [-0.05, 0) is 18.9 Å². The number of carbonyl (C=O) groups is 1. The van der Waals surface area contributed by atoms with E-state index in [4.69, 9.17) is 17.3 Å². The Kier molecular flexibility index (Phi) is 5.39. The first-order valence-corrected chi connectivity index (χ1v) is 7.90. The number of thiocarbonyl (C=S) groups is 1. The zero-order valence-electron chi connectivity index (χ0n) is 11.4. The third kappa shape index (κ3) is 3.94. The van der Waals surface area contributed by atoms with Crippen LogP contribution < -0.4 is 0 Å². The molecule has 0 aromatic heterocycles. The average Bonchev–Trinajstić information content (AvgIpc) is 2.46. The highest BCUT2D eigenvalue weighted by Crippen LogP contribution is 2.21. The highest BCUT2D eigenvalue weighted by atomic mass is 32.2. The maximum Gasteiger partial charge on any atom is 0.320 e. The summed E-state index contributed by atoms with van der Waals surface area (Å²) in [5.74, 6) is -0.143. The summed E-state index contributed by atoms with van der Waals surface area (Å²) in [4.78, 5) is 15.1. The van der Waals surface area contributed by atoms with Crippen molar-refractivity contribution in [3.05, 3.63) is 35.9 Å². The molecule has 0 saturated carbocycles. The van der Waals surface area contributed by atoms with Gasteiger partial charge >= 0.3 is 5.97 Å². The van der Waals surface area contributed by atoms with Crippen molar-refractivity contribution < 1.29 is 9.90 Å². The van der Waals surface area contributed by atoms with Crippen LogP contribution in [0.4, 0.5) is 0 Å². The van der Waals surface area contributed by atoms with Crippen LogP contribution in [0, 0.1) is 0 Å². The molecule has 1 fully saturated rings. The second-order valence-electron chi connectivity index (χ2n) is 4.78. The van der Waals surface area contributed by atoms with Gasteiger partial charge < -0.3 is 10.0 Å². The molecule has 1 N–H and O–H groups in total. The van der Waals surface area contributed by atoms with Gasteiger partial charge in [-0.3, -0.25) is 9.69 Å². The minimum absolute atomic E-state index is 0.482. The lowest BCUT2D eigenvalue weighted by molar-refractivity contribution is -0.142. The number of carboxylic acids is 1. The molecule has 6 heteroatoms. The Hall–Kier alpha value is -1.11. The molecule has 0 bridgehead atoms. The molecule has 108 valence electrons. The standard InChI is InChI=1S/C14H18N2O2S2/c1-11(13(17)18)16-9-15(14(19)20-10-16)8-7-12-5-3-2-4-6-12/h2-6,11H,7-10H2,1H3,(H,17,18). The summed E-state index contributed by atoms with van der Waals surface area (Å²) in [6.07, 6.45) is 0.914. The van der Waals surface area contributed by atoms with Gasteiger partial charge in [-0.25, -0.2) is 0 Å². The zero-order chi connectivity index (χ0) is 14.5. The highest BCUT2D eigenvalue weighted by Gasteiger charge is 2.28. The Morgan fingerprint density at radius 1 is 1.45 bits per heavy atom.